The summed E-state index contributed by atoms with van der Waals surface area (Å²) in [6.07, 6.45) is 6.13. The molecule has 1 fully saturated rings. The summed E-state index contributed by atoms with van der Waals surface area (Å²) in [5, 5.41) is 22.6. The number of ether oxygens (including phenoxy) is 1. The minimum Gasteiger partial charge on any atom is -0.508 e. The lowest BCUT2D eigenvalue weighted by atomic mass is 10.0. The summed E-state index contributed by atoms with van der Waals surface area (Å²) in [4.78, 5) is 27.0. The summed E-state index contributed by atoms with van der Waals surface area (Å²) in [6.45, 7) is 7.04. The van der Waals surface area contributed by atoms with Crippen LogP contribution in [0, 0.1) is 0 Å². The molecule has 0 bridgehead atoms. The fourth-order valence-electron chi connectivity index (χ4n) is 3.88. The summed E-state index contributed by atoms with van der Waals surface area (Å²) in [7, 11) is 1.79. The Hall–Kier alpha value is -2.94. The Bertz CT molecular complexity index is 915. The van der Waals surface area contributed by atoms with Gasteiger partial charge in [-0.1, -0.05) is 12.2 Å². The summed E-state index contributed by atoms with van der Waals surface area (Å²) < 4.78 is 5.59. The molecular weight excluding hydrogens is 446 g/mol. The minimum atomic E-state index is -0.735. The smallest absolute Gasteiger partial charge is 0.253 e. The maximum absolute atomic E-state index is 12.8. The van der Waals surface area contributed by atoms with Crippen molar-refractivity contribution in [3.05, 3.63) is 71.0 Å². The van der Waals surface area contributed by atoms with Gasteiger partial charge < -0.3 is 30.9 Å². The third kappa shape index (κ3) is 8.98. The number of allylic oxidation sites excluding steroid dienone is 2. The lowest BCUT2D eigenvalue weighted by Crippen LogP contribution is -2.39. The van der Waals surface area contributed by atoms with Crippen LogP contribution in [0.4, 0.5) is 0 Å². The molecule has 1 aliphatic rings. The number of nitrogens with zero attached hydrogens (tertiary/aromatic N) is 1. The molecular formula is C27H39N3O5. The van der Waals surface area contributed by atoms with Crippen molar-refractivity contribution in [2.45, 2.75) is 51.2 Å². The van der Waals surface area contributed by atoms with Crippen molar-refractivity contribution >= 4 is 11.8 Å². The van der Waals surface area contributed by atoms with E-state index in [1.54, 1.807) is 42.3 Å². The Balaban J connectivity index is 1.86. The van der Waals surface area contributed by atoms with Crippen LogP contribution in [0.15, 0.2) is 59.9 Å². The molecule has 35 heavy (non-hydrogen) atoms. The molecule has 0 radical (unpaired) electrons. The Morgan fingerprint density at radius 3 is 2.63 bits per heavy atom. The van der Waals surface area contributed by atoms with Crippen molar-refractivity contribution < 1.29 is 24.5 Å². The van der Waals surface area contributed by atoms with Gasteiger partial charge in [0.15, 0.2) is 0 Å². The van der Waals surface area contributed by atoms with Crippen LogP contribution in [0.3, 0.4) is 0 Å². The number of nitrogens with two attached hydrogens (primary N) is 1. The molecule has 192 valence electrons. The SMILES string of the molecule is C=C/C(O)=C\C(CN)=C(/C)CC[C@H](O)CNC(=O)c1ccc(C(=O)N(C)C2CCCCOC2)cc1. The second-order valence-corrected chi connectivity index (χ2v) is 8.90. The second kappa shape index (κ2) is 14.5. The summed E-state index contributed by atoms with van der Waals surface area (Å²) >= 11 is 0. The van der Waals surface area contributed by atoms with Crippen LogP contribution < -0.4 is 11.1 Å². The quantitative estimate of drug-likeness (QED) is 0.282. The van der Waals surface area contributed by atoms with Crippen molar-refractivity contribution in [2.75, 3.05) is 33.4 Å². The standard InChI is InChI=1S/C27H39N3O5/c1-4-24(31)15-22(16-28)19(2)8-13-25(32)17-29-26(33)20-9-11-21(12-10-20)27(34)30(3)23-7-5-6-14-35-18-23/h4,9-12,15,23,25,31-32H,1,5-8,13-14,16-18,28H2,2-3H3,(H,29,33)/b22-19-,24-15+/t23?,25-/m0/s1. The first kappa shape index (κ1) is 28.3. The predicted octanol–water partition coefficient (Wildman–Crippen LogP) is 3.10. The molecule has 0 aromatic heterocycles. The number of aliphatic hydroxyl groups is 2. The number of benzene rings is 1. The molecule has 8 heteroatoms. The molecule has 0 aliphatic carbocycles. The lowest BCUT2D eigenvalue weighted by molar-refractivity contribution is 0.0561. The topological polar surface area (TPSA) is 125 Å². The molecule has 1 heterocycles. The molecule has 2 amide bonds. The highest BCUT2D eigenvalue weighted by molar-refractivity contribution is 5.97. The number of carbonyl (C=O) groups is 2. The monoisotopic (exact) mass is 485 g/mol. The van der Waals surface area contributed by atoms with Gasteiger partial charge in [-0.2, -0.15) is 0 Å². The van der Waals surface area contributed by atoms with Crippen LogP contribution in [0.2, 0.25) is 0 Å². The Labute approximate surface area is 208 Å². The van der Waals surface area contributed by atoms with E-state index in [0.717, 1.165) is 37.0 Å². The maximum Gasteiger partial charge on any atom is 0.253 e. The van der Waals surface area contributed by atoms with E-state index in [-0.39, 0.29) is 36.7 Å². The molecule has 1 saturated heterocycles. The van der Waals surface area contributed by atoms with Gasteiger partial charge in [0.1, 0.15) is 5.76 Å². The summed E-state index contributed by atoms with van der Waals surface area (Å²) in [6, 6.07) is 6.58. The van der Waals surface area contributed by atoms with Crippen LogP contribution in [0.25, 0.3) is 0 Å². The first-order valence-corrected chi connectivity index (χ1v) is 12.1. The normalized spacial score (nSPS) is 18.2. The van der Waals surface area contributed by atoms with E-state index in [1.165, 1.54) is 6.08 Å². The fraction of sp³-hybridized carbons (Fsp3) is 0.481. The zero-order valence-corrected chi connectivity index (χ0v) is 20.8. The number of hydrogen-bond donors (Lipinski definition) is 4. The average Bonchev–Trinajstić information content (AvgIpc) is 3.17. The fourth-order valence-corrected chi connectivity index (χ4v) is 3.88. The second-order valence-electron chi connectivity index (χ2n) is 8.90. The Morgan fingerprint density at radius 1 is 1.29 bits per heavy atom. The van der Waals surface area contributed by atoms with Crippen LogP contribution in [0.1, 0.15) is 59.7 Å². The third-order valence-corrected chi connectivity index (χ3v) is 6.30. The molecule has 1 unspecified atom stereocenters. The largest absolute Gasteiger partial charge is 0.508 e. The highest BCUT2D eigenvalue weighted by Crippen LogP contribution is 2.17. The number of carbonyl (C=O) groups excluding carboxylic acids is 2. The number of aliphatic hydroxyl groups excluding tert-OH is 2. The van der Waals surface area contributed by atoms with Crippen LogP contribution in [-0.4, -0.2) is 72.4 Å². The number of nitrogens with one attached hydrogen (secondary N) is 1. The number of amides is 2. The third-order valence-electron chi connectivity index (χ3n) is 6.30. The van der Waals surface area contributed by atoms with Gasteiger partial charge in [0.25, 0.3) is 11.8 Å². The van der Waals surface area contributed by atoms with E-state index in [9.17, 15) is 19.8 Å². The highest BCUT2D eigenvalue weighted by Gasteiger charge is 2.23. The van der Waals surface area contributed by atoms with Crippen molar-refractivity contribution in [3.63, 3.8) is 0 Å². The Morgan fingerprint density at radius 2 is 1.97 bits per heavy atom. The average molecular weight is 486 g/mol. The molecule has 5 N–H and O–H groups in total. The Kier molecular flexibility index (Phi) is 11.7. The zero-order valence-electron chi connectivity index (χ0n) is 20.8. The number of likely N-dealkylation sites (N-methyl/N-ethyl adjacent to an activating group) is 1. The summed E-state index contributed by atoms with van der Waals surface area (Å²) in [5.74, 6) is -0.378. The summed E-state index contributed by atoms with van der Waals surface area (Å²) in [5.41, 5.74) is 8.41. The maximum atomic E-state index is 12.8. The lowest BCUT2D eigenvalue weighted by Gasteiger charge is -2.26. The van der Waals surface area contributed by atoms with Crippen LogP contribution in [0.5, 0.6) is 0 Å². The molecule has 1 aliphatic heterocycles. The van der Waals surface area contributed by atoms with Gasteiger partial charge >= 0.3 is 0 Å². The van der Waals surface area contributed by atoms with E-state index in [0.29, 0.717) is 30.6 Å². The van der Waals surface area contributed by atoms with Crippen molar-refractivity contribution in [1.29, 1.82) is 0 Å². The first-order valence-electron chi connectivity index (χ1n) is 12.1. The van der Waals surface area contributed by atoms with Crippen molar-refractivity contribution in [1.82, 2.24) is 10.2 Å². The van der Waals surface area contributed by atoms with Gasteiger partial charge in [0, 0.05) is 37.9 Å². The molecule has 2 atom stereocenters. The predicted molar refractivity (Wildman–Crippen MR) is 137 cm³/mol. The van der Waals surface area contributed by atoms with E-state index < -0.39 is 6.10 Å². The van der Waals surface area contributed by atoms with Gasteiger partial charge in [0.05, 0.1) is 18.8 Å². The molecule has 2 rings (SSSR count). The first-order chi connectivity index (χ1) is 16.8. The van der Waals surface area contributed by atoms with Crippen LogP contribution >= 0.6 is 0 Å². The molecule has 0 spiro atoms. The van der Waals surface area contributed by atoms with E-state index >= 15 is 0 Å². The van der Waals surface area contributed by atoms with Crippen molar-refractivity contribution in [2.24, 2.45) is 5.73 Å². The van der Waals surface area contributed by atoms with Gasteiger partial charge in [-0.3, -0.25) is 9.59 Å². The van der Waals surface area contributed by atoms with Gasteiger partial charge in [-0.25, -0.2) is 0 Å². The molecule has 8 nitrogen and oxygen atoms in total. The van der Waals surface area contributed by atoms with Gasteiger partial charge in [-0.05, 0) is 81.0 Å². The number of hydrogen-bond acceptors (Lipinski definition) is 6. The molecule has 1 aromatic carbocycles. The number of rotatable bonds is 11. The van der Waals surface area contributed by atoms with E-state index in [4.69, 9.17) is 10.5 Å². The minimum absolute atomic E-state index is 0.0374. The molecule has 0 saturated carbocycles. The van der Waals surface area contributed by atoms with Gasteiger partial charge in [-0.15, -0.1) is 0 Å². The zero-order chi connectivity index (χ0) is 25.8. The highest BCUT2D eigenvalue weighted by atomic mass is 16.5. The van der Waals surface area contributed by atoms with Crippen LogP contribution in [-0.2, 0) is 4.74 Å². The van der Waals surface area contributed by atoms with Crippen molar-refractivity contribution in [3.8, 4) is 0 Å². The van der Waals surface area contributed by atoms with E-state index in [1.807, 2.05) is 6.92 Å². The van der Waals surface area contributed by atoms with Gasteiger partial charge in [0.2, 0.25) is 0 Å². The molecule has 1 aromatic rings. The van der Waals surface area contributed by atoms with E-state index in [2.05, 4.69) is 11.9 Å².